The van der Waals surface area contributed by atoms with E-state index in [2.05, 4.69) is 0 Å². The number of nitrogens with zero attached hydrogens (tertiary/aromatic N) is 1. The van der Waals surface area contributed by atoms with Gasteiger partial charge in [0.15, 0.2) is 5.76 Å². The Morgan fingerprint density at radius 1 is 1.43 bits per heavy atom. The Morgan fingerprint density at radius 2 is 2.10 bits per heavy atom. The Bertz CT molecular complexity index is 670. The van der Waals surface area contributed by atoms with E-state index in [0.717, 1.165) is 10.9 Å². The lowest BCUT2D eigenvalue weighted by Gasteiger charge is -2.27. The van der Waals surface area contributed by atoms with Crippen molar-refractivity contribution >= 4 is 28.5 Å². The van der Waals surface area contributed by atoms with Crippen molar-refractivity contribution in [2.45, 2.75) is 33.3 Å². The fourth-order valence-electron chi connectivity index (χ4n) is 2.34. The molecular weight excluding hydrogens is 290 g/mol. The van der Waals surface area contributed by atoms with Gasteiger partial charge >= 0.3 is 0 Å². The van der Waals surface area contributed by atoms with Crippen LogP contribution in [0.3, 0.4) is 0 Å². The number of carbonyl (C=O) groups excluding carboxylic acids is 1. The highest BCUT2D eigenvalue weighted by Gasteiger charge is 2.26. The molecule has 5 heteroatoms. The van der Waals surface area contributed by atoms with Gasteiger partial charge in [0.1, 0.15) is 5.58 Å². The summed E-state index contributed by atoms with van der Waals surface area (Å²) in [7, 11) is 0. The maximum Gasteiger partial charge on any atom is 0.289 e. The summed E-state index contributed by atoms with van der Waals surface area (Å²) in [5.41, 5.74) is 0.459. The van der Waals surface area contributed by atoms with Crippen molar-refractivity contribution in [1.82, 2.24) is 4.90 Å². The molecule has 0 saturated carbocycles. The van der Waals surface area contributed by atoms with Crippen LogP contribution in [0.5, 0.6) is 0 Å². The molecule has 0 saturated heterocycles. The number of fused-ring (bicyclic) bond motifs is 1. The van der Waals surface area contributed by atoms with Gasteiger partial charge in [-0.3, -0.25) is 4.79 Å². The first-order chi connectivity index (χ1) is 9.73. The normalized spacial score (nSPS) is 11.9. The van der Waals surface area contributed by atoms with E-state index in [1.54, 1.807) is 36.9 Å². The van der Waals surface area contributed by atoms with E-state index in [1.807, 2.05) is 13.8 Å². The molecule has 0 fully saturated rings. The van der Waals surface area contributed by atoms with Crippen LogP contribution in [0.4, 0.5) is 0 Å². The fourth-order valence-corrected chi connectivity index (χ4v) is 2.51. The van der Waals surface area contributed by atoms with E-state index in [9.17, 15) is 9.90 Å². The number of hydrogen-bond donors (Lipinski definition) is 1. The van der Waals surface area contributed by atoms with Crippen molar-refractivity contribution in [1.29, 1.82) is 0 Å². The summed E-state index contributed by atoms with van der Waals surface area (Å²) >= 11 is 5.99. The third-order valence-corrected chi connectivity index (χ3v) is 3.57. The summed E-state index contributed by atoms with van der Waals surface area (Å²) in [4.78, 5) is 14.2. The maximum atomic E-state index is 12.6. The van der Waals surface area contributed by atoms with Crippen LogP contribution in [0.15, 0.2) is 22.6 Å². The molecule has 0 spiro atoms. The van der Waals surface area contributed by atoms with Gasteiger partial charge in [-0.25, -0.2) is 0 Å². The number of likely N-dealkylation sites (N-methyl/N-ethyl adjacent to an activating group) is 1. The largest absolute Gasteiger partial charge is 0.451 e. The minimum absolute atomic E-state index is 0.218. The summed E-state index contributed by atoms with van der Waals surface area (Å²) < 4.78 is 5.68. The Labute approximate surface area is 129 Å². The zero-order valence-corrected chi connectivity index (χ0v) is 13.5. The molecule has 4 nitrogen and oxygen atoms in total. The summed E-state index contributed by atoms with van der Waals surface area (Å²) in [6.45, 7) is 7.81. The smallest absolute Gasteiger partial charge is 0.289 e. The minimum Gasteiger partial charge on any atom is -0.451 e. The first kappa shape index (κ1) is 15.9. The zero-order chi connectivity index (χ0) is 15.8. The van der Waals surface area contributed by atoms with Crippen molar-refractivity contribution in [2.75, 3.05) is 13.1 Å². The lowest BCUT2D eigenvalue weighted by atomic mass is 10.1. The first-order valence-corrected chi connectivity index (χ1v) is 7.31. The fraction of sp³-hybridized carbons (Fsp3) is 0.438. The number of rotatable bonds is 4. The average Bonchev–Trinajstić information content (AvgIpc) is 2.71. The molecule has 0 bridgehead atoms. The second-order valence-electron chi connectivity index (χ2n) is 5.83. The molecule has 0 unspecified atom stereocenters. The number of benzene rings is 1. The van der Waals surface area contributed by atoms with Gasteiger partial charge in [0.25, 0.3) is 5.91 Å². The maximum absolute atomic E-state index is 12.6. The van der Waals surface area contributed by atoms with Gasteiger partial charge in [-0.05, 0) is 45.9 Å². The van der Waals surface area contributed by atoms with E-state index in [1.165, 1.54) is 0 Å². The van der Waals surface area contributed by atoms with Gasteiger partial charge < -0.3 is 14.4 Å². The summed E-state index contributed by atoms with van der Waals surface area (Å²) in [6, 6.07) is 5.28. The van der Waals surface area contributed by atoms with E-state index < -0.39 is 5.60 Å². The Kier molecular flexibility index (Phi) is 4.30. The number of carbonyl (C=O) groups is 1. The van der Waals surface area contributed by atoms with Gasteiger partial charge in [0.2, 0.25) is 0 Å². The third-order valence-electron chi connectivity index (χ3n) is 3.34. The van der Waals surface area contributed by atoms with E-state index in [0.29, 0.717) is 22.9 Å². The molecule has 0 atom stereocenters. The molecule has 0 aliphatic rings. The van der Waals surface area contributed by atoms with Gasteiger partial charge in [0, 0.05) is 29.1 Å². The second kappa shape index (κ2) is 5.70. The predicted octanol–water partition coefficient (Wildman–Crippen LogP) is 3.63. The van der Waals surface area contributed by atoms with Gasteiger partial charge in [-0.2, -0.15) is 0 Å². The van der Waals surface area contributed by atoms with Crippen LogP contribution in [0.1, 0.15) is 36.9 Å². The van der Waals surface area contributed by atoms with Crippen molar-refractivity contribution in [2.24, 2.45) is 0 Å². The molecule has 0 aliphatic carbocycles. The standard InChI is InChI=1S/C16H20ClNO3/c1-5-18(9-16(3,4)20)15(19)14-10(2)12-8-11(17)6-7-13(12)21-14/h6-8,20H,5,9H2,1-4H3. The Balaban J connectivity index is 2.40. The number of aryl methyl sites for hydroxylation is 1. The average molecular weight is 310 g/mol. The highest BCUT2D eigenvalue weighted by molar-refractivity contribution is 6.31. The molecule has 0 aliphatic heterocycles. The monoisotopic (exact) mass is 309 g/mol. The molecular formula is C16H20ClNO3. The molecule has 1 heterocycles. The number of hydrogen-bond acceptors (Lipinski definition) is 3. The second-order valence-corrected chi connectivity index (χ2v) is 6.26. The third kappa shape index (κ3) is 3.39. The van der Waals surface area contributed by atoms with Crippen molar-refractivity contribution in [3.63, 3.8) is 0 Å². The number of halogens is 1. The molecule has 1 N–H and O–H groups in total. The summed E-state index contributed by atoms with van der Waals surface area (Å²) in [6.07, 6.45) is 0. The quantitative estimate of drug-likeness (QED) is 0.938. The number of amides is 1. The SMILES string of the molecule is CCN(CC(C)(C)O)C(=O)c1oc2ccc(Cl)cc2c1C. The lowest BCUT2D eigenvalue weighted by Crippen LogP contribution is -2.42. The molecule has 0 radical (unpaired) electrons. The van der Waals surface area contributed by atoms with Crippen LogP contribution in [0.25, 0.3) is 11.0 Å². The molecule has 114 valence electrons. The van der Waals surface area contributed by atoms with Crippen LogP contribution < -0.4 is 0 Å². The van der Waals surface area contributed by atoms with Crippen LogP contribution in [0.2, 0.25) is 5.02 Å². The summed E-state index contributed by atoms with van der Waals surface area (Å²) in [5.74, 6) is 0.0859. The minimum atomic E-state index is -0.950. The van der Waals surface area contributed by atoms with Gasteiger partial charge in [-0.1, -0.05) is 11.6 Å². The zero-order valence-electron chi connectivity index (χ0n) is 12.7. The number of furan rings is 1. The molecule has 1 aromatic heterocycles. The Morgan fingerprint density at radius 3 is 2.67 bits per heavy atom. The van der Waals surface area contributed by atoms with Crippen LogP contribution >= 0.6 is 11.6 Å². The van der Waals surface area contributed by atoms with Gasteiger partial charge in [-0.15, -0.1) is 0 Å². The van der Waals surface area contributed by atoms with Crippen molar-refractivity contribution < 1.29 is 14.3 Å². The van der Waals surface area contributed by atoms with Crippen LogP contribution in [0, 0.1) is 6.92 Å². The van der Waals surface area contributed by atoms with Crippen LogP contribution in [-0.4, -0.2) is 34.6 Å². The first-order valence-electron chi connectivity index (χ1n) is 6.93. The molecule has 1 aromatic carbocycles. The van der Waals surface area contributed by atoms with Crippen molar-refractivity contribution in [3.8, 4) is 0 Å². The van der Waals surface area contributed by atoms with E-state index >= 15 is 0 Å². The van der Waals surface area contributed by atoms with E-state index in [-0.39, 0.29) is 12.5 Å². The van der Waals surface area contributed by atoms with E-state index in [4.69, 9.17) is 16.0 Å². The topological polar surface area (TPSA) is 53.7 Å². The van der Waals surface area contributed by atoms with Gasteiger partial charge in [0.05, 0.1) is 5.60 Å². The highest BCUT2D eigenvalue weighted by Crippen LogP contribution is 2.28. The lowest BCUT2D eigenvalue weighted by molar-refractivity contribution is 0.0299. The molecule has 21 heavy (non-hydrogen) atoms. The molecule has 2 aromatic rings. The molecule has 2 rings (SSSR count). The van der Waals surface area contributed by atoms with Crippen LogP contribution in [-0.2, 0) is 0 Å². The predicted molar refractivity (Wildman–Crippen MR) is 83.8 cm³/mol. The summed E-state index contributed by atoms with van der Waals surface area (Å²) in [5, 5.41) is 11.4. The molecule has 1 amide bonds. The Hall–Kier alpha value is -1.52. The number of aliphatic hydroxyl groups is 1. The highest BCUT2D eigenvalue weighted by atomic mass is 35.5. The van der Waals surface area contributed by atoms with Crippen molar-refractivity contribution in [3.05, 3.63) is 34.5 Å².